The SMILES string of the molecule is COc1cc(O)c2c(=O)oc(CO)c(CO)c2c1C. The zero-order chi connectivity index (χ0) is 14.2. The quantitative estimate of drug-likeness (QED) is 0.759. The second-order valence-electron chi connectivity index (χ2n) is 4.08. The molecule has 1 aromatic carbocycles. The number of aliphatic hydroxyl groups is 2. The lowest BCUT2D eigenvalue weighted by atomic mass is 9.99. The molecule has 0 saturated carbocycles. The van der Waals surface area contributed by atoms with E-state index in [1.807, 2.05) is 0 Å². The van der Waals surface area contributed by atoms with Gasteiger partial charge >= 0.3 is 5.63 Å². The van der Waals surface area contributed by atoms with Crippen molar-refractivity contribution >= 4 is 10.8 Å². The van der Waals surface area contributed by atoms with Gasteiger partial charge in [0.2, 0.25) is 0 Å². The first-order valence-electron chi connectivity index (χ1n) is 5.62. The Hall–Kier alpha value is -2.05. The molecule has 1 aromatic heterocycles. The summed E-state index contributed by atoms with van der Waals surface area (Å²) in [5.41, 5.74) is 0.0882. The van der Waals surface area contributed by atoms with Gasteiger partial charge in [0.15, 0.2) is 0 Å². The van der Waals surface area contributed by atoms with E-state index in [1.165, 1.54) is 13.2 Å². The van der Waals surface area contributed by atoms with Gasteiger partial charge in [0, 0.05) is 17.0 Å². The summed E-state index contributed by atoms with van der Waals surface area (Å²) in [6.07, 6.45) is 0. The highest BCUT2D eigenvalue weighted by atomic mass is 16.5. The highest BCUT2D eigenvalue weighted by Crippen LogP contribution is 2.35. The Balaban J connectivity index is 3.07. The predicted molar refractivity (Wildman–Crippen MR) is 67.3 cm³/mol. The molecule has 6 heteroatoms. The number of rotatable bonds is 3. The molecule has 19 heavy (non-hydrogen) atoms. The third-order valence-corrected chi connectivity index (χ3v) is 3.10. The van der Waals surface area contributed by atoms with Crippen molar-refractivity contribution in [1.29, 1.82) is 0 Å². The number of methoxy groups -OCH3 is 1. The zero-order valence-corrected chi connectivity index (χ0v) is 10.6. The lowest BCUT2D eigenvalue weighted by Gasteiger charge is -2.13. The van der Waals surface area contributed by atoms with Crippen LogP contribution in [0, 0.1) is 6.92 Å². The number of aromatic hydroxyl groups is 1. The minimum absolute atomic E-state index is 0.0178. The van der Waals surface area contributed by atoms with Gasteiger partial charge in [-0.05, 0) is 12.5 Å². The van der Waals surface area contributed by atoms with Crippen LogP contribution in [0.3, 0.4) is 0 Å². The van der Waals surface area contributed by atoms with Crippen molar-refractivity contribution in [2.24, 2.45) is 0 Å². The van der Waals surface area contributed by atoms with E-state index in [4.69, 9.17) is 9.15 Å². The topological polar surface area (TPSA) is 100 Å². The minimum Gasteiger partial charge on any atom is -0.507 e. The van der Waals surface area contributed by atoms with Crippen LogP contribution < -0.4 is 10.4 Å². The molecule has 0 fully saturated rings. The maximum Gasteiger partial charge on any atom is 0.347 e. The second-order valence-corrected chi connectivity index (χ2v) is 4.08. The molecule has 0 bridgehead atoms. The highest BCUT2D eigenvalue weighted by molar-refractivity contribution is 5.94. The molecule has 0 spiro atoms. The molecular weight excluding hydrogens is 252 g/mol. The number of aryl methyl sites for hydroxylation is 1. The Morgan fingerprint density at radius 2 is 1.95 bits per heavy atom. The first kappa shape index (κ1) is 13.4. The summed E-state index contributed by atoms with van der Waals surface area (Å²) in [5, 5.41) is 28.8. The molecule has 0 aliphatic heterocycles. The van der Waals surface area contributed by atoms with Crippen molar-refractivity contribution in [3.8, 4) is 11.5 Å². The molecule has 0 radical (unpaired) electrons. The number of phenolic OH excluding ortho intramolecular Hbond substituents is 1. The van der Waals surface area contributed by atoms with Gasteiger partial charge in [-0.3, -0.25) is 0 Å². The number of benzene rings is 1. The molecule has 0 aliphatic rings. The first-order valence-corrected chi connectivity index (χ1v) is 5.62. The van der Waals surface area contributed by atoms with Crippen LogP contribution in [0.4, 0.5) is 0 Å². The Morgan fingerprint density at radius 3 is 2.47 bits per heavy atom. The lowest BCUT2D eigenvalue weighted by Crippen LogP contribution is -2.09. The third kappa shape index (κ3) is 1.94. The van der Waals surface area contributed by atoms with Crippen molar-refractivity contribution in [1.82, 2.24) is 0 Å². The van der Waals surface area contributed by atoms with Crippen LogP contribution in [0.1, 0.15) is 16.9 Å². The van der Waals surface area contributed by atoms with Gasteiger partial charge in [-0.1, -0.05) is 0 Å². The van der Waals surface area contributed by atoms with Gasteiger partial charge in [0.05, 0.1) is 13.7 Å². The van der Waals surface area contributed by atoms with Crippen LogP contribution in [0.25, 0.3) is 10.8 Å². The lowest BCUT2D eigenvalue weighted by molar-refractivity contribution is 0.224. The smallest absolute Gasteiger partial charge is 0.347 e. The number of hydrogen-bond acceptors (Lipinski definition) is 6. The molecule has 0 aliphatic carbocycles. The van der Waals surface area contributed by atoms with Crippen LogP contribution in [0.15, 0.2) is 15.3 Å². The molecule has 0 unspecified atom stereocenters. The number of fused-ring (bicyclic) bond motifs is 1. The Bertz CT molecular complexity index is 686. The van der Waals surface area contributed by atoms with Gasteiger partial charge in [-0.15, -0.1) is 0 Å². The Morgan fingerprint density at radius 1 is 1.26 bits per heavy atom. The fraction of sp³-hybridized carbons (Fsp3) is 0.308. The first-order chi connectivity index (χ1) is 9.04. The summed E-state index contributed by atoms with van der Waals surface area (Å²) >= 11 is 0. The van der Waals surface area contributed by atoms with Crippen LogP contribution in [-0.2, 0) is 13.2 Å². The summed E-state index contributed by atoms with van der Waals surface area (Å²) in [6, 6.07) is 1.31. The van der Waals surface area contributed by atoms with Gasteiger partial charge in [-0.2, -0.15) is 0 Å². The number of phenols is 1. The number of aliphatic hydroxyl groups excluding tert-OH is 2. The summed E-state index contributed by atoms with van der Waals surface area (Å²) in [4.78, 5) is 11.8. The fourth-order valence-electron chi connectivity index (χ4n) is 2.20. The molecule has 2 rings (SSSR count). The molecular formula is C13H14O6. The van der Waals surface area contributed by atoms with Crippen molar-refractivity contribution < 1.29 is 24.5 Å². The zero-order valence-electron chi connectivity index (χ0n) is 10.6. The van der Waals surface area contributed by atoms with E-state index in [9.17, 15) is 20.1 Å². The Kier molecular flexibility index (Phi) is 3.46. The van der Waals surface area contributed by atoms with Crippen LogP contribution >= 0.6 is 0 Å². The Labute approximate surface area is 108 Å². The van der Waals surface area contributed by atoms with Crippen molar-refractivity contribution in [2.45, 2.75) is 20.1 Å². The average Bonchev–Trinajstić information content (AvgIpc) is 2.41. The summed E-state index contributed by atoms with van der Waals surface area (Å²) in [5.74, 6) is 0.0790. The minimum atomic E-state index is -0.764. The largest absolute Gasteiger partial charge is 0.507 e. The average molecular weight is 266 g/mol. The third-order valence-electron chi connectivity index (χ3n) is 3.10. The van der Waals surface area contributed by atoms with Crippen LogP contribution in [0.5, 0.6) is 11.5 Å². The van der Waals surface area contributed by atoms with E-state index >= 15 is 0 Å². The summed E-state index contributed by atoms with van der Waals surface area (Å²) < 4.78 is 10.0. The molecule has 0 atom stereocenters. The van der Waals surface area contributed by atoms with E-state index < -0.39 is 18.8 Å². The standard InChI is InChI=1S/C13H14O6/c1-6-9(18-2)3-8(16)12-11(6)7(4-14)10(5-15)19-13(12)17/h3,14-16H,4-5H2,1-2H3. The van der Waals surface area contributed by atoms with Crippen molar-refractivity contribution in [3.05, 3.63) is 33.4 Å². The summed E-state index contributed by atoms with van der Waals surface area (Å²) in [7, 11) is 1.44. The molecule has 0 amide bonds. The van der Waals surface area contributed by atoms with Gasteiger partial charge in [-0.25, -0.2) is 4.79 Å². The molecule has 2 aromatic rings. The number of hydrogen-bond donors (Lipinski definition) is 3. The molecule has 0 saturated heterocycles. The van der Waals surface area contributed by atoms with Crippen LogP contribution in [-0.4, -0.2) is 22.4 Å². The van der Waals surface area contributed by atoms with E-state index in [0.29, 0.717) is 16.7 Å². The van der Waals surface area contributed by atoms with Crippen molar-refractivity contribution in [3.63, 3.8) is 0 Å². The van der Waals surface area contributed by atoms with E-state index in [1.54, 1.807) is 6.92 Å². The highest BCUT2D eigenvalue weighted by Gasteiger charge is 2.20. The fourth-order valence-corrected chi connectivity index (χ4v) is 2.20. The predicted octanol–water partition coefficient (Wildman–Crippen LogP) is 0.800. The molecule has 3 N–H and O–H groups in total. The van der Waals surface area contributed by atoms with E-state index in [2.05, 4.69) is 0 Å². The van der Waals surface area contributed by atoms with Gasteiger partial charge in [0.25, 0.3) is 0 Å². The maximum atomic E-state index is 11.8. The molecule has 6 nitrogen and oxygen atoms in total. The van der Waals surface area contributed by atoms with E-state index in [-0.39, 0.29) is 22.5 Å². The van der Waals surface area contributed by atoms with Gasteiger partial charge in [0.1, 0.15) is 29.3 Å². The second kappa shape index (κ2) is 4.91. The monoisotopic (exact) mass is 266 g/mol. The molecule has 1 heterocycles. The summed E-state index contributed by atoms with van der Waals surface area (Å²) in [6.45, 7) is 0.752. The van der Waals surface area contributed by atoms with E-state index in [0.717, 1.165) is 0 Å². The van der Waals surface area contributed by atoms with Crippen LogP contribution in [0.2, 0.25) is 0 Å². The number of ether oxygens (including phenoxy) is 1. The normalized spacial score (nSPS) is 10.9. The van der Waals surface area contributed by atoms with Gasteiger partial charge < -0.3 is 24.5 Å². The van der Waals surface area contributed by atoms with Crippen molar-refractivity contribution in [2.75, 3.05) is 7.11 Å². The molecule has 102 valence electrons. The maximum absolute atomic E-state index is 11.8.